The van der Waals surface area contributed by atoms with Crippen LogP contribution in [0.1, 0.15) is 52.4 Å². The number of hydrogen-bond acceptors (Lipinski definition) is 4. The molecule has 0 aliphatic heterocycles. The molecule has 0 aromatic rings. The third kappa shape index (κ3) is 4.94. The molecule has 4 heteroatoms. The number of nitrogens with zero attached hydrogens (tertiary/aromatic N) is 1. The summed E-state index contributed by atoms with van der Waals surface area (Å²) in [6.07, 6.45) is 6.81. The van der Waals surface area contributed by atoms with Gasteiger partial charge in [0.05, 0.1) is 7.11 Å². The van der Waals surface area contributed by atoms with Crippen LogP contribution >= 0.6 is 0 Å². The molecular formula is C14H28N2O2. The molecule has 1 saturated carbocycles. The van der Waals surface area contributed by atoms with Crippen LogP contribution < -0.4 is 5.73 Å². The Balaban J connectivity index is 2.27. The van der Waals surface area contributed by atoms with E-state index in [0.717, 1.165) is 19.0 Å². The van der Waals surface area contributed by atoms with Crippen LogP contribution in [-0.2, 0) is 9.53 Å². The Kier molecular flexibility index (Phi) is 6.09. The molecule has 1 unspecified atom stereocenters. The number of methoxy groups -OCH3 is 1. The Hall–Kier alpha value is -0.610. The first kappa shape index (κ1) is 15.4. The summed E-state index contributed by atoms with van der Waals surface area (Å²) in [4.78, 5) is 14.0. The van der Waals surface area contributed by atoms with Gasteiger partial charge in [-0.2, -0.15) is 0 Å². The van der Waals surface area contributed by atoms with Crippen LogP contribution in [0.2, 0.25) is 0 Å². The minimum atomic E-state index is -0.839. The number of rotatable bonds is 9. The number of unbranched alkanes of at least 4 members (excludes halogenated alkanes) is 1. The second-order valence-electron chi connectivity index (χ2n) is 5.63. The van der Waals surface area contributed by atoms with E-state index in [4.69, 9.17) is 10.5 Å². The fourth-order valence-corrected chi connectivity index (χ4v) is 2.26. The number of hydrogen-bond donors (Lipinski definition) is 1. The van der Waals surface area contributed by atoms with E-state index < -0.39 is 5.54 Å². The third-order valence-corrected chi connectivity index (χ3v) is 3.66. The Labute approximate surface area is 111 Å². The summed E-state index contributed by atoms with van der Waals surface area (Å²) in [5.74, 6) is -0.311. The second-order valence-corrected chi connectivity index (χ2v) is 5.63. The predicted molar refractivity (Wildman–Crippen MR) is 73.3 cm³/mol. The van der Waals surface area contributed by atoms with Crippen LogP contribution in [0.25, 0.3) is 0 Å². The first-order chi connectivity index (χ1) is 8.51. The van der Waals surface area contributed by atoms with E-state index in [0.29, 0.717) is 6.42 Å². The van der Waals surface area contributed by atoms with Gasteiger partial charge in [0.1, 0.15) is 5.54 Å². The zero-order valence-electron chi connectivity index (χ0n) is 12.1. The molecule has 0 heterocycles. The van der Waals surface area contributed by atoms with Crippen molar-refractivity contribution >= 4 is 5.97 Å². The molecule has 0 aromatic heterocycles. The molecule has 18 heavy (non-hydrogen) atoms. The van der Waals surface area contributed by atoms with Crippen LogP contribution in [0.4, 0.5) is 0 Å². The molecule has 2 N–H and O–H groups in total. The molecular weight excluding hydrogens is 228 g/mol. The van der Waals surface area contributed by atoms with Gasteiger partial charge in [0.2, 0.25) is 0 Å². The van der Waals surface area contributed by atoms with Gasteiger partial charge in [-0.05, 0) is 52.1 Å². The van der Waals surface area contributed by atoms with Gasteiger partial charge >= 0.3 is 5.97 Å². The molecule has 0 spiro atoms. The summed E-state index contributed by atoms with van der Waals surface area (Å²) in [6, 6.07) is 0.790. The molecule has 1 rings (SSSR count). The summed E-state index contributed by atoms with van der Waals surface area (Å²) >= 11 is 0. The Morgan fingerprint density at radius 2 is 2.00 bits per heavy atom. The normalized spacial score (nSPS) is 18.7. The number of ether oxygens (including phenoxy) is 1. The topological polar surface area (TPSA) is 55.6 Å². The smallest absolute Gasteiger partial charge is 0.325 e. The summed E-state index contributed by atoms with van der Waals surface area (Å²) < 4.78 is 4.72. The average Bonchev–Trinajstić information content (AvgIpc) is 3.16. The number of carbonyl (C=O) groups is 1. The van der Waals surface area contributed by atoms with Crippen LogP contribution in [0.15, 0.2) is 0 Å². The highest BCUT2D eigenvalue weighted by molar-refractivity contribution is 5.79. The molecule has 0 bridgehead atoms. The van der Waals surface area contributed by atoms with Crippen molar-refractivity contribution in [2.45, 2.75) is 64.0 Å². The lowest BCUT2D eigenvalue weighted by Gasteiger charge is -2.25. The van der Waals surface area contributed by atoms with Crippen molar-refractivity contribution in [3.63, 3.8) is 0 Å². The van der Waals surface area contributed by atoms with Crippen molar-refractivity contribution in [3.05, 3.63) is 0 Å². The summed E-state index contributed by atoms with van der Waals surface area (Å²) in [7, 11) is 1.39. The molecule has 1 aliphatic carbocycles. The van der Waals surface area contributed by atoms with E-state index >= 15 is 0 Å². The molecule has 0 radical (unpaired) electrons. The van der Waals surface area contributed by atoms with Crippen molar-refractivity contribution in [2.24, 2.45) is 5.73 Å². The van der Waals surface area contributed by atoms with E-state index in [1.165, 1.54) is 39.3 Å². The second kappa shape index (κ2) is 7.10. The van der Waals surface area contributed by atoms with Crippen molar-refractivity contribution in [3.8, 4) is 0 Å². The minimum Gasteiger partial charge on any atom is -0.468 e. The average molecular weight is 256 g/mol. The highest BCUT2D eigenvalue weighted by atomic mass is 16.5. The highest BCUT2D eigenvalue weighted by Gasteiger charge is 2.31. The SMILES string of the molecule is CCCCN(CCCC(C)(N)C(=O)OC)C1CC1. The van der Waals surface area contributed by atoms with Gasteiger partial charge in [0, 0.05) is 6.04 Å². The zero-order chi connectivity index (χ0) is 13.6. The maximum atomic E-state index is 11.5. The minimum absolute atomic E-state index is 0.311. The van der Waals surface area contributed by atoms with E-state index in [2.05, 4.69) is 11.8 Å². The zero-order valence-corrected chi connectivity index (χ0v) is 12.1. The summed E-state index contributed by atoms with van der Waals surface area (Å²) in [5, 5.41) is 0. The van der Waals surface area contributed by atoms with Gasteiger partial charge < -0.3 is 15.4 Å². The lowest BCUT2D eigenvalue weighted by atomic mass is 9.97. The van der Waals surface area contributed by atoms with Crippen LogP contribution in [0, 0.1) is 0 Å². The maximum Gasteiger partial charge on any atom is 0.325 e. The lowest BCUT2D eigenvalue weighted by molar-refractivity contribution is -0.146. The molecule has 0 amide bonds. The third-order valence-electron chi connectivity index (χ3n) is 3.66. The molecule has 106 valence electrons. The Morgan fingerprint density at radius 1 is 1.39 bits per heavy atom. The van der Waals surface area contributed by atoms with Crippen molar-refractivity contribution < 1.29 is 9.53 Å². The number of carbonyl (C=O) groups excluding carboxylic acids is 1. The molecule has 1 fully saturated rings. The van der Waals surface area contributed by atoms with E-state index in [1.807, 2.05) is 0 Å². The van der Waals surface area contributed by atoms with E-state index in [1.54, 1.807) is 6.92 Å². The van der Waals surface area contributed by atoms with Gasteiger partial charge in [0.25, 0.3) is 0 Å². The van der Waals surface area contributed by atoms with Gasteiger partial charge in [-0.25, -0.2) is 0 Å². The Bertz CT molecular complexity index is 263. The lowest BCUT2D eigenvalue weighted by Crippen LogP contribution is -2.46. The molecule has 1 atom stereocenters. The first-order valence-corrected chi connectivity index (χ1v) is 7.12. The van der Waals surface area contributed by atoms with E-state index in [-0.39, 0.29) is 5.97 Å². The molecule has 1 aliphatic rings. The van der Waals surface area contributed by atoms with Crippen molar-refractivity contribution in [1.29, 1.82) is 0 Å². The Morgan fingerprint density at radius 3 is 2.50 bits per heavy atom. The number of nitrogens with two attached hydrogens (primary N) is 1. The quantitative estimate of drug-likeness (QED) is 0.640. The van der Waals surface area contributed by atoms with E-state index in [9.17, 15) is 4.79 Å². The molecule has 0 aromatic carbocycles. The maximum absolute atomic E-state index is 11.5. The fourth-order valence-electron chi connectivity index (χ4n) is 2.26. The predicted octanol–water partition coefficient (Wildman–Crippen LogP) is 1.92. The van der Waals surface area contributed by atoms with Crippen molar-refractivity contribution in [2.75, 3.05) is 20.2 Å². The standard InChI is InChI=1S/C14H28N2O2/c1-4-5-10-16(12-7-8-12)11-6-9-14(2,15)13(17)18-3/h12H,4-11,15H2,1-3H3. The largest absolute Gasteiger partial charge is 0.468 e. The first-order valence-electron chi connectivity index (χ1n) is 7.12. The van der Waals surface area contributed by atoms with Gasteiger partial charge in [-0.1, -0.05) is 13.3 Å². The van der Waals surface area contributed by atoms with Crippen LogP contribution in [0.5, 0.6) is 0 Å². The summed E-state index contributed by atoms with van der Waals surface area (Å²) in [6.45, 7) is 6.21. The van der Waals surface area contributed by atoms with Crippen molar-refractivity contribution in [1.82, 2.24) is 4.90 Å². The van der Waals surface area contributed by atoms with Crippen LogP contribution in [-0.4, -0.2) is 42.6 Å². The van der Waals surface area contributed by atoms with Gasteiger partial charge in [-0.15, -0.1) is 0 Å². The van der Waals surface area contributed by atoms with Gasteiger partial charge in [-0.3, -0.25) is 4.79 Å². The molecule has 4 nitrogen and oxygen atoms in total. The van der Waals surface area contributed by atoms with Gasteiger partial charge in [0.15, 0.2) is 0 Å². The van der Waals surface area contributed by atoms with Crippen LogP contribution in [0.3, 0.4) is 0 Å². The summed E-state index contributed by atoms with van der Waals surface area (Å²) in [5.41, 5.74) is 5.12. The fraction of sp³-hybridized carbons (Fsp3) is 0.929. The highest BCUT2D eigenvalue weighted by Crippen LogP contribution is 2.27. The number of esters is 1. The monoisotopic (exact) mass is 256 g/mol. The molecule has 0 saturated heterocycles.